The van der Waals surface area contributed by atoms with Crippen LogP contribution in [0.5, 0.6) is 5.75 Å². The lowest BCUT2D eigenvalue weighted by atomic mass is 10.2. The monoisotopic (exact) mass is 328 g/mol. The molecule has 1 amide bonds. The van der Waals surface area contributed by atoms with Crippen LogP contribution in [-0.2, 0) is 0 Å². The molecule has 0 fully saturated rings. The lowest BCUT2D eigenvalue weighted by molar-refractivity contribution is 0.0995. The van der Waals surface area contributed by atoms with Crippen LogP contribution < -0.4 is 10.5 Å². The van der Waals surface area contributed by atoms with E-state index < -0.39 is 18.0 Å². The molecule has 0 bridgehead atoms. The van der Waals surface area contributed by atoms with Crippen molar-refractivity contribution in [3.63, 3.8) is 0 Å². The summed E-state index contributed by atoms with van der Waals surface area (Å²) in [5.74, 6) is -1.09. The number of nitrogens with zero attached hydrogens (tertiary/aromatic N) is 1. The van der Waals surface area contributed by atoms with Crippen molar-refractivity contribution in [1.82, 2.24) is 4.98 Å². The average molecular weight is 328 g/mol. The van der Waals surface area contributed by atoms with Gasteiger partial charge >= 0.3 is 0 Å². The molecule has 0 saturated heterocycles. The lowest BCUT2D eigenvalue weighted by Gasteiger charge is -2.10. The van der Waals surface area contributed by atoms with Crippen molar-refractivity contribution in [2.45, 2.75) is 6.43 Å². The van der Waals surface area contributed by atoms with Crippen LogP contribution in [0.4, 0.5) is 8.78 Å². The van der Waals surface area contributed by atoms with E-state index in [4.69, 9.17) is 10.5 Å². The van der Waals surface area contributed by atoms with Gasteiger partial charge in [-0.3, -0.25) is 4.79 Å². The molecule has 0 unspecified atom stereocenters. The van der Waals surface area contributed by atoms with Crippen molar-refractivity contribution in [2.24, 2.45) is 5.73 Å². The van der Waals surface area contributed by atoms with Gasteiger partial charge in [0.05, 0.1) is 12.7 Å². The highest BCUT2D eigenvalue weighted by Gasteiger charge is 2.22. The zero-order valence-corrected chi connectivity index (χ0v) is 9.79. The highest BCUT2D eigenvalue weighted by Crippen LogP contribution is 2.31. The summed E-state index contributed by atoms with van der Waals surface area (Å²) >= 11 is 1.72. The van der Waals surface area contributed by atoms with E-state index in [1.165, 1.54) is 13.2 Å². The number of ether oxygens (including phenoxy) is 1. The molecule has 4 nitrogen and oxygen atoms in total. The van der Waals surface area contributed by atoms with Crippen molar-refractivity contribution < 1.29 is 18.3 Å². The molecule has 1 heterocycles. The number of alkyl halides is 2. The number of amides is 1. The predicted molar refractivity (Wildman–Crippen MR) is 57.0 cm³/mol. The Balaban J connectivity index is 3.45. The Morgan fingerprint density at radius 3 is 2.67 bits per heavy atom. The quantitative estimate of drug-likeness (QED) is 0.679. The Kier molecular flexibility index (Phi) is 3.77. The second kappa shape index (κ2) is 4.69. The molecule has 1 rings (SSSR count). The lowest BCUT2D eigenvalue weighted by Crippen LogP contribution is -2.15. The van der Waals surface area contributed by atoms with Crippen LogP contribution in [0.2, 0.25) is 0 Å². The molecule has 7 heteroatoms. The third-order valence-corrected chi connectivity index (χ3v) is 2.20. The van der Waals surface area contributed by atoms with Gasteiger partial charge in [0.25, 0.3) is 12.3 Å². The molecular formula is C8H7F2IN2O2. The topological polar surface area (TPSA) is 65.2 Å². The van der Waals surface area contributed by atoms with Gasteiger partial charge in [-0.15, -0.1) is 0 Å². The van der Waals surface area contributed by atoms with Crippen LogP contribution >= 0.6 is 22.6 Å². The number of halogens is 3. The second-order valence-corrected chi connectivity index (χ2v) is 3.68. The van der Waals surface area contributed by atoms with Gasteiger partial charge < -0.3 is 10.5 Å². The minimum absolute atomic E-state index is 0.0906. The van der Waals surface area contributed by atoms with Crippen LogP contribution in [0.1, 0.15) is 22.5 Å². The molecule has 0 aliphatic rings. The maximum absolute atomic E-state index is 12.5. The number of pyridine rings is 1. The molecule has 0 saturated carbocycles. The van der Waals surface area contributed by atoms with Crippen LogP contribution in [-0.4, -0.2) is 18.0 Å². The summed E-state index contributed by atoms with van der Waals surface area (Å²) in [6.07, 6.45) is -2.81. The van der Waals surface area contributed by atoms with Gasteiger partial charge in [0.1, 0.15) is 3.70 Å². The number of nitrogens with two attached hydrogens (primary N) is 1. The van der Waals surface area contributed by atoms with E-state index in [2.05, 4.69) is 4.98 Å². The van der Waals surface area contributed by atoms with E-state index in [-0.39, 0.29) is 15.0 Å². The van der Waals surface area contributed by atoms with Crippen molar-refractivity contribution in [3.8, 4) is 5.75 Å². The molecule has 15 heavy (non-hydrogen) atoms. The minimum atomic E-state index is -2.81. The molecule has 1 aromatic heterocycles. The van der Waals surface area contributed by atoms with Gasteiger partial charge in [0.2, 0.25) is 0 Å². The van der Waals surface area contributed by atoms with E-state index in [9.17, 15) is 13.6 Å². The van der Waals surface area contributed by atoms with Crippen molar-refractivity contribution in [3.05, 3.63) is 21.0 Å². The van der Waals surface area contributed by atoms with Gasteiger partial charge in [0.15, 0.2) is 11.4 Å². The number of aromatic nitrogens is 1. The van der Waals surface area contributed by atoms with E-state index >= 15 is 0 Å². The van der Waals surface area contributed by atoms with Crippen LogP contribution in [0, 0.1) is 3.70 Å². The number of rotatable bonds is 3. The number of carbonyl (C=O) groups excluding carboxylic acids is 1. The second-order valence-electron chi connectivity index (χ2n) is 2.58. The van der Waals surface area contributed by atoms with Crippen LogP contribution in [0.25, 0.3) is 0 Å². The van der Waals surface area contributed by atoms with Crippen molar-refractivity contribution in [2.75, 3.05) is 7.11 Å². The van der Waals surface area contributed by atoms with E-state index in [1.807, 2.05) is 0 Å². The number of hydrogen-bond acceptors (Lipinski definition) is 3. The summed E-state index contributed by atoms with van der Waals surface area (Å²) in [4.78, 5) is 14.6. The van der Waals surface area contributed by atoms with Gasteiger partial charge in [0, 0.05) is 0 Å². The van der Waals surface area contributed by atoms with E-state index in [1.54, 1.807) is 22.6 Å². The number of primary amides is 1. The van der Waals surface area contributed by atoms with Gasteiger partial charge in [-0.25, -0.2) is 13.8 Å². The average Bonchev–Trinajstić information content (AvgIpc) is 2.16. The maximum Gasteiger partial charge on any atom is 0.284 e. The standard InChI is InChI=1S/C8H7F2IN2O2/c1-15-6-3(8(12)14)2-4(11)13-5(6)7(9)10/h2,7H,1H3,(H2,12,14). The van der Waals surface area contributed by atoms with E-state index in [0.717, 1.165) is 0 Å². The van der Waals surface area contributed by atoms with Gasteiger partial charge in [-0.2, -0.15) is 0 Å². The van der Waals surface area contributed by atoms with Gasteiger partial charge in [-0.1, -0.05) is 0 Å². The fourth-order valence-electron chi connectivity index (χ4n) is 1.07. The van der Waals surface area contributed by atoms with Crippen LogP contribution in [0.3, 0.4) is 0 Å². The summed E-state index contributed by atoms with van der Waals surface area (Å²) in [5, 5.41) is 0. The molecular weight excluding hydrogens is 321 g/mol. The summed E-state index contributed by atoms with van der Waals surface area (Å²) in [6.45, 7) is 0. The minimum Gasteiger partial charge on any atom is -0.494 e. The normalized spacial score (nSPS) is 10.5. The smallest absolute Gasteiger partial charge is 0.284 e. The summed E-state index contributed by atoms with van der Waals surface area (Å²) in [5.41, 5.74) is 4.37. The third-order valence-electron chi connectivity index (χ3n) is 1.64. The first kappa shape index (κ1) is 12.1. The molecule has 2 N–H and O–H groups in total. The number of carbonyl (C=O) groups is 1. The highest BCUT2D eigenvalue weighted by atomic mass is 127. The Morgan fingerprint density at radius 2 is 2.27 bits per heavy atom. The first-order valence-corrected chi connectivity index (χ1v) is 4.87. The van der Waals surface area contributed by atoms with Crippen molar-refractivity contribution >= 4 is 28.5 Å². The molecule has 0 aliphatic carbocycles. The molecule has 0 atom stereocenters. The van der Waals surface area contributed by atoms with Crippen molar-refractivity contribution in [1.29, 1.82) is 0 Å². The highest BCUT2D eigenvalue weighted by molar-refractivity contribution is 14.1. The number of methoxy groups -OCH3 is 1. The zero-order valence-electron chi connectivity index (χ0n) is 7.63. The van der Waals surface area contributed by atoms with Gasteiger partial charge in [-0.05, 0) is 28.7 Å². The third kappa shape index (κ3) is 2.52. The SMILES string of the molecule is COc1c(C(N)=O)cc(I)nc1C(F)F. The fraction of sp³-hybridized carbons (Fsp3) is 0.250. The van der Waals surface area contributed by atoms with E-state index in [0.29, 0.717) is 0 Å². The van der Waals surface area contributed by atoms with Crippen LogP contribution in [0.15, 0.2) is 6.07 Å². The Bertz CT molecular complexity index is 398. The first-order valence-electron chi connectivity index (χ1n) is 3.79. The summed E-state index contributed by atoms with van der Waals surface area (Å²) < 4.78 is 30.0. The molecule has 0 spiro atoms. The molecule has 0 aromatic carbocycles. The predicted octanol–water partition coefficient (Wildman–Crippen LogP) is 1.73. The molecule has 0 aliphatic heterocycles. The Hall–Kier alpha value is -0.990. The Labute approximate surface area is 98.0 Å². The molecule has 1 aromatic rings. The molecule has 82 valence electrons. The Morgan fingerprint density at radius 1 is 1.67 bits per heavy atom. The zero-order chi connectivity index (χ0) is 11.6. The largest absolute Gasteiger partial charge is 0.494 e. The molecule has 0 radical (unpaired) electrons. The first-order chi connectivity index (χ1) is 6.97. The number of hydrogen-bond donors (Lipinski definition) is 1. The maximum atomic E-state index is 12.5. The summed E-state index contributed by atoms with van der Waals surface area (Å²) in [6, 6.07) is 1.30. The summed E-state index contributed by atoms with van der Waals surface area (Å²) in [7, 11) is 1.18. The fourth-order valence-corrected chi connectivity index (χ4v) is 1.64.